The van der Waals surface area contributed by atoms with E-state index in [1.807, 2.05) is 11.8 Å². The molecule has 0 atom stereocenters. The van der Waals surface area contributed by atoms with Crippen molar-refractivity contribution in [3.8, 4) is 0 Å². The molecule has 0 amide bonds. The first-order chi connectivity index (χ1) is 51.1. The second kappa shape index (κ2) is 45.4. The fourth-order valence-corrected chi connectivity index (χ4v) is 10.6. The summed E-state index contributed by atoms with van der Waals surface area (Å²) in [5, 5.41) is 44.1. The number of carbonyl (C=O) groups excluding carboxylic acids is 8. The monoisotopic (exact) mass is 1750 g/mol. The number of alkyl halides is 24. The number of thioether (sulfide) groups is 1. The summed E-state index contributed by atoms with van der Waals surface area (Å²) in [6.07, 6.45) is -41.9. The van der Waals surface area contributed by atoms with Gasteiger partial charge in [-0.25, -0.2) is 19.2 Å². The molecule has 4 rings (SSSR count). The van der Waals surface area contributed by atoms with Gasteiger partial charge < -0.3 is 68.5 Å². The summed E-state index contributed by atoms with van der Waals surface area (Å²) in [6.45, 7) is 43.7. The number of rotatable bonds is 14. The quantitative estimate of drug-likeness (QED) is 0.0709. The summed E-state index contributed by atoms with van der Waals surface area (Å²) in [5.41, 5.74) is -22.2. The molecule has 0 aromatic carbocycles. The van der Waals surface area contributed by atoms with Crippen LogP contribution in [0.1, 0.15) is 141 Å². The van der Waals surface area contributed by atoms with E-state index in [-0.39, 0.29) is 74.3 Å². The predicted octanol–water partition coefficient (Wildman–Crippen LogP) is 8.91. The van der Waals surface area contributed by atoms with Crippen molar-refractivity contribution in [2.24, 2.45) is 22.7 Å². The van der Waals surface area contributed by atoms with Gasteiger partial charge in [0.2, 0.25) is 0 Å². The molecule has 47 heteroatoms. The lowest BCUT2D eigenvalue weighted by molar-refractivity contribution is -0.896. The standard InChI is InChI=1S/C15H26O2.C11H18O2.C10H17NO2S.C9H15NO2.C8H9F6O3.3C5H3F6O3/c1-10(2)13(16)17-12-8-14(4,5)11(3)15(6,7)9-12;1-8(2)11(12)13-10-6-4-9(3)5-7-10;1-9(2)10(12)13-6-3-11-4-7-14-8-5-11;1-7(2)9(11)12-8-3-5-10-6-4-8;1-5(2,3)17-4(15)6(16,7(9,10)11)8(12,13)14;3*1-14-2(12)3(13,4(6,7)8)5(9,10)11/h11-12H,1,8-9H2,2-7H3;9-10H,1,4-7H2,2-3H3;1,3-8H2,2H3;8,10H,1,3-6H2,2H3;1-3H3;3*1H3/q;;;;4*-1/p+2. The third kappa shape index (κ3) is 35.7. The number of quaternary nitrogens is 2. The van der Waals surface area contributed by atoms with E-state index in [2.05, 4.69) is 92.1 Å². The Bertz CT molecular complexity index is 2980. The van der Waals surface area contributed by atoms with Crippen LogP contribution in [-0.4, -0.2) is 216 Å². The zero-order valence-electron chi connectivity index (χ0n) is 65.3. The van der Waals surface area contributed by atoms with Crippen molar-refractivity contribution in [3.63, 3.8) is 0 Å². The average molecular weight is 1750 g/mol. The second-order valence-corrected chi connectivity index (χ2v) is 29.7. The van der Waals surface area contributed by atoms with Crippen molar-refractivity contribution >= 4 is 59.5 Å². The first kappa shape index (κ1) is 114. The number of nitrogens with one attached hydrogen (secondary N) is 1. The van der Waals surface area contributed by atoms with E-state index >= 15 is 0 Å². The third-order valence-electron chi connectivity index (χ3n) is 16.6. The summed E-state index contributed by atoms with van der Waals surface area (Å²) in [7, 11) is 0.769. The SMILES string of the molecule is C=C(C)C(=O)OC1CC(C)(C)C(C)C(C)(C)C1.C=C(C)C(=O)OC1CCC(C)CC1.C=C(C)C(=O)OC1CC[NH2+]CC1.C=C(C)C(=O)OCC[NH+]1CCSCC1.CC(C)(C)OC(=O)C([O-])(C(F)(F)F)C(F)(F)F.COC(=O)C([O-])(C(F)(F)F)C(F)(F)F.COC(=O)C([O-])(C(F)(F)F)C(F)(F)F.COC(=O)C([O-])(C(F)(F)F)C(F)(F)F. The van der Waals surface area contributed by atoms with E-state index in [1.54, 1.807) is 32.6 Å². The second-order valence-electron chi connectivity index (χ2n) is 28.4. The van der Waals surface area contributed by atoms with Crippen LogP contribution in [0.5, 0.6) is 0 Å². The highest BCUT2D eigenvalue weighted by molar-refractivity contribution is 7.99. The molecule has 2 heterocycles. The van der Waals surface area contributed by atoms with E-state index in [1.165, 1.54) is 37.4 Å². The Morgan fingerprint density at radius 3 is 0.904 bits per heavy atom. The first-order valence-electron chi connectivity index (χ1n) is 33.6. The number of carbonyl (C=O) groups is 8. The molecule has 3 N–H and O–H groups in total. The molecule has 4 fully saturated rings. The normalized spacial score (nSPS) is 19.1. The number of esters is 8. The van der Waals surface area contributed by atoms with Gasteiger partial charge in [0.1, 0.15) is 37.1 Å². The summed E-state index contributed by atoms with van der Waals surface area (Å²) >= 11 is 2.00. The highest BCUT2D eigenvalue weighted by Crippen LogP contribution is 2.52. The van der Waals surface area contributed by atoms with Crippen LogP contribution in [0, 0.1) is 22.7 Å². The lowest BCUT2D eigenvalue weighted by atomic mass is 9.57. The highest BCUT2D eigenvalue weighted by Gasteiger charge is 2.71. The zero-order chi connectivity index (χ0) is 92.3. The molecule has 0 unspecified atom stereocenters. The topological polar surface area (TPSA) is 324 Å². The van der Waals surface area contributed by atoms with E-state index in [0.29, 0.717) is 34.8 Å². The number of methoxy groups -OCH3 is 3. The van der Waals surface area contributed by atoms with Crippen molar-refractivity contribution in [1.82, 2.24) is 0 Å². The number of hydrogen-bond acceptors (Lipinski definition) is 21. The van der Waals surface area contributed by atoms with Crippen molar-refractivity contribution in [2.45, 2.75) is 237 Å². The van der Waals surface area contributed by atoms with Gasteiger partial charge in [0, 0.05) is 46.6 Å². The van der Waals surface area contributed by atoms with Crippen molar-refractivity contribution < 1.29 is 212 Å². The lowest BCUT2D eigenvalue weighted by Gasteiger charge is -2.50. The molecular formula is C68H96F24N2O20S-2. The van der Waals surface area contributed by atoms with E-state index in [0.717, 1.165) is 84.8 Å². The fourth-order valence-electron chi connectivity index (χ4n) is 9.53. The lowest BCUT2D eigenvalue weighted by Crippen LogP contribution is -3.14. The van der Waals surface area contributed by atoms with Crippen LogP contribution >= 0.6 is 11.8 Å². The molecule has 4 aliphatic rings. The Balaban J connectivity index is -0.000000614. The van der Waals surface area contributed by atoms with Crippen molar-refractivity contribution in [3.05, 3.63) is 48.6 Å². The van der Waals surface area contributed by atoms with Gasteiger partial charge >= 0.3 is 97.2 Å². The number of ether oxygens (including phenoxy) is 8. The third-order valence-corrected chi connectivity index (χ3v) is 17.6. The molecule has 0 radical (unpaired) electrons. The predicted molar refractivity (Wildman–Crippen MR) is 348 cm³/mol. The maximum Gasteiger partial charge on any atom is 0.399 e. The van der Waals surface area contributed by atoms with E-state index in [4.69, 9.17) is 18.9 Å². The molecular weight excluding hydrogens is 1650 g/mol. The van der Waals surface area contributed by atoms with Crippen molar-refractivity contribution in [2.75, 3.05) is 72.2 Å². The molecule has 2 aliphatic carbocycles. The maximum atomic E-state index is 12.1. The van der Waals surface area contributed by atoms with Gasteiger partial charge in [-0.15, -0.1) is 0 Å². The van der Waals surface area contributed by atoms with Crippen LogP contribution in [0.4, 0.5) is 105 Å². The van der Waals surface area contributed by atoms with Gasteiger partial charge in [-0.05, 0) is 110 Å². The van der Waals surface area contributed by atoms with Crippen LogP contribution in [0.3, 0.4) is 0 Å². The molecule has 0 bridgehead atoms. The van der Waals surface area contributed by atoms with Crippen LogP contribution in [0.25, 0.3) is 0 Å². The van der Waals surface area contributed by atoms with Gasteiger partial charge in [0.25, 0.3) is 0 Å². The molecule has 0 aromatic rings. The molecule has 0 spiro atoms. The molecule has 2 saturated heterocycles. The number of piperidine rings is 1. The number of hydrogen-bond donors (Lipinski definition) is 2. The largest absolute Gasteiger partial charge is 0.828 e. The van der Waals surface area contributed by atoms with Crippen molar-refractivity contribution in [1.29, 1.82) is 0 Å². The Labute approximate surface area is 650 Å². The van der Waals surface area contributed by atoms with Gasteiger partial charge in [-0.2, -0.15) is 117 Å². The first-order valence-corrected chi connectivity index (χ1v) is 34.8. The van der Waals surface area contributed by atoms with Gasteiger partial charge in [-0.1, -0.05) is 67.9 Å². The fraction of sp³-hybridized carbons (Fsp3) is 0.765. The van der Waals surface area contributed by atoms with E-state index < -0.39 is 101 Å². The van der Waals surface area contributed by atoms with Crippen LogP contribution in [0.2, 0.25) is 0 Å². The van der Waals surface area contributed by atoms with E-state index in [9.17, 15) is 164 Å². The molecule has 2 aliphatic heterocycles. The Morgan fingerprint density at radius 1 is 0.417 bits per heavy atom. The molecule has 674 valence electrons. The van der Waals surface area contributed by atoms with Gasteiger partial charge in [0.05, 0.1) is 47.5 Å². The summed E-state index contributed by atoms with van der Waals surface area (Å²) < 4.78 is 318. The Kier molecular flexibility index (Phi) is 45.1. The Hall–Kier alpha value is -6.85. The number of nitrogens with two attached hydrogens (primary N) is 1. The highest BCUT2D eigenvalue weighted by atomic mass is 32.2. The Morgan fingerprint density at radius 2 is 0.670 bits per heavy atom. The number of halogens is 24. The van der Waals surface area contributed by atoms with Gasteiger partial charge in [-0.3, -0.25) is 19.2 Å². The minimum absolute atomic E-state index is 0.0281. The van der Waals surface area contributed by atoms with Crippen LogP contribution in [-0.2, 0) is 76.3 Å². The molecule has 115 heavy (non-hydrogen) atoms. The summed E-state index contributed by atoms with van der Waals surface area (Å²) in [4.78, 5) is 87.7. The average Bonchev–Trinajstić information content (AvgIpc) is 0.771. The smallest absolute Gasteiger partial charge is 0.399 e. The minimum Gasteiger partial charge on any atom is -0.828 e. The molecule has 2 saturated carbocycles. The summed E-state index contributed by atoms with van der Waals surface area (Å²) in [5.74, 6) is -8.85. The van der Waals surface area contributed by atoms with Crippen LogP contribution in [0.15, 0.2) is 48.6 Å². The summed E-state index contributed by atoms with van der Waals surface area (Å²) in [6, 6.07) is 0. The zero-order valence-corrected chi connectivity index (χ0v) is 66.1. The molecule has 22 nitrogen and oxygen atoms in total. The van der Waals surface area contributed by atoms with Crippen LogP contribution < -0.4 is 30.6 Å². The van der Waals surface area contributed by atoms with Gasteiger partial charge in [0.15, 0.2) is 22.4 Å². The maximum absolute atomic E-state index is 12.1. The minimum atomic E-state index is -6.33. The molecule has 0 aromatic heterocycles.